The lowest BCUT2D eigenvalue weighted by atomic mass is 9.72. The Morgan fingerprint density at radius 1 is 1.32 bits per heavy atom. The molecule has 0 saturated carbocycles. The number of rotatable bonds is 3. The molecule has 0 radical (unpaired) electrons. The number of hydrogen-bond donors (Lipinski definition) is 2. The molecule has 6 nitrogen and oxygen atoms in total. The van der Waals surface area contributed by atoms with Gasteiger partial charge in [0.2, 0.25) is 5.91 Å². The molecule has 2 heterocycles. The summed E-state index contributed by atoms with van der Waals surface area (Å²) in [5, 5.41) is 5.75. The Hall–Kier alpha value is -2.08. The predicted molar refractivity (Wildman–Crippen MR) is 96.5 cm³/mol. The smallest absolute Gasteiger partial charge is 0.321 e. The number of ether oxygens (including phenoxy) is 1. The fourth-order valence-electron chi connectivity index (χ4n) is 4.01. The Kier molecular flexibility index (Phi) is 5.27. The largest absolute Gasteiger partial charge is 0.381 e. The molecule has 0 aliphatic carbocycles. The first-order valence-corrected chi connectivity index (χ1v) is 9.02. The van der Waals surface area contributed by atoms with Crippen molar-refractivity contribution in [2.24, 2.45) is 11.3 Å². The summed E-state index contributed by atoms with van der Waals surface area (Å²) >= 11 is 0. The number of nitrogens with one attached hydrogen (secondary N) is 2. The first-order chi connectivity index (χ1) is 12.1. The van der Waals surface area contributed by atoms with E-state index < -0.39 is 0 Å². The van der Waals surface area contributed by atoms with Gasteiger partial charge in [-0.1, -0.05) is 19.1 Å². The zero-order chi connectivity index (χ0) is 17.9. The van der Waals surface area contributed by atoms with Crippen LogP contribution in [0.4, 0.5) is 10.5 Å². The fraction of sp³-hybridized carbons (Fsp3) is 0.579. The number of hydrogen-bond acceptors (Lipinski definition) is 3. The van der Waals surface area contributed by atoms with E-state index in [9.17, 15) is 9.59 Å². The lowest BCUT2D eigenvalue weighted by Gasteiger charge is -2.36. The number of carbonyl (C=O) groups is 2. The van der Waals surface area contributed by atoms with Crippen molar-refractivity contribution in [3.63, 3.8) is 0 Å². The van der Waals surface area contributed by atoms with Crippen LogP contribution >= 0.6 is 0 Å². The van der Waals surface area contributed by atoms with E-state index in [1.54, 1.807) is 11.9 Å². The Morgan fingerprint density at radius 2 is 2.08 bits per heavy atom. The molecular weight excluding hydrogens is 318 g/mol. The zero-order valence-corrected chi connectivity index (χ0v) is 15.0. The highest BCUT2D eigenvalue weighted by atomic mass is 16.5. The summed E-state index contributed by atoms with van der Waals surface area (Å²) in [5.74, 6) is -0.153. The van der Waals surface area contributed by atoms with Crippen LogP contribution in [0.2, 0.25) is 0 Å². The molecule has 2 aliphatic rings. The standard InChI is InChI=1S/C19H27N3O3/c1-3-14-5-4-6-15(11-14)21-18(24)22-12-16(17(23)20-2)19(13-22)7-9-25-10-8-19/h4-6,11,16H,3,7-10,12-13H2,1-2H3,(H,20,23)(H,21,24). The number of urea groups is 1. The molecular formula is C19H27N3O3. The van der Waals surface area contributed by atoms with E-state index in [4.69, 9.17) is 4.74 Å². The minimum Gasteiger partial charge on any atom is -0.381 e. The molecule has 3 rings (SSSR count). The van der Waals surface area contributed by atoms with Crippen molar-refractivity contribution in [3.05, 3.63) is 29.8 Å². The summed E-state index contributed by atoms with van der Waals surface area (Å²) < 4.78 is 5.48. The predicted octanol–water partition coefficient (Wildman–Crippen LogP) is 2.26. The number of amides is 3. The molecule has 136 valence electrons. The minimum atomic E-state index is -0.172. The molecule has 2 N–H and O–H groups in total. The van der Waals surface area contributed by atoms with Crippen molar-refractivity contribution in [2.75, 3.05) is 38.7 Å². The monoisotopic (exact) mass is 345 g/mol. The summed E-state index contributed by atoms with van der Waals surface area (Å²) in [6.07, 6.45) is 2.57. The number of aryl methyl sites for hydroxylation is 1. The maximum absolute atomic E-state index is 12.7. The number of carbonyl (C=O) groups excluding carboxylic acids is 2. The van der Waals surface area contributed by atoms with E-state index in [2.05, 4.69) is 17.6 Å². The van der Waals surface area contributed by atoms with Crippen LogP contribution in [0.5, 0.6) is 0 Å². The number of benzene rings is 1. The van der Waals surface area contributed by atoms with Crippen LogP contribution in [0.15, 0.2) is 24.3 Å². The van der Waals surface area contributed by atoms with Crippen molar-refractivity contribution in [2.45, 2.75) is 26.2 Å². The second-order valence-electron chi connectivity index (χ2n) is 7.01. The van der Waals surface area contributed by atoms with Crippen LogP contribution < -0.4 is 10.6 Å². The number of likely N-dealkylation sites (tertiary alicyclic amines) is 1. The fourth-order valence-corrected chi connectivity index (χ4v) is 4.01. The zero-order valence-electron chi connectivity index (χ0n) is 15.0. The first kappa shape index (κ1) is 17.7. The molecule has 1 spiro atoms. The van der Waals surface area contributed by atoms with Crippen LogP contribution in [0, 0.1) is 11.3 Å². The van der Waals surface area contributed by atoms with Crippen molar-refractivity contribution in [1.82, 2.24) is 10.2 Å². The van der Waals surface area contributed by atoms with Gasteiger partial charge in [-0.15, -0.1) is 0 Å². The van der Waals surface area contributed by atoms with Gasteiger partial charge in [0.05, 0.1) is 5.92 Å². The summed E-state index contributed by atoms with van der Waals surface area (Å²) in [7, 11) is 1.66. The van der Waals surface area contributed by atoms with E-state index in [1.807, 2.05) is 24.3 Å². The van der Waals surface area contributed by atoms with Gasteiger partial charge in [0, 0.05) is 44.5 Å². The van der Waals surface area contributed by atoms with Gasteiger partial charge in [0.25, 0.3) is 0 Å². The van der Waals surface area contributed by atoms with Gasteiger partial charge >= 0.3 is 6.03 Å². The normalized spacial score (nSPS) is 22.0. The van der Waals surface area contributed by atoms with Crippen LogP contribution in [0.3, 0.4) is 0 Å². The van der Waals surface area contributed by atoms with Gasteiger partial charge in [-0.25, -0.2) is 4.79 Å². The van der Waals surface area contributed by atoms with Crippen LogP contribution in [0.25, 0.3) is 0 Å². The molecule has 2 fully saturated rings. The van der Waals surface area contributed by atoms with Gasteiger partial charge < -0.3 is 20.3 Å². The van der Waals surface area contributed by atoms with Crippen molar-refractivity contribution < 1.29 is 14.3 Å². The van der Waals surface area contributed by atoms with Gasteiger partial charge in [-0.3, -0.25) is 4.79 Å². The second-order valence-corrected chi connectivity index (χ2v) is 7.01. The van der Waals surface area contributed by atoms with Crippen molar-refractivity contribution in [1.29, 1.82) is 0 Å². The molecule has 0 bridgehead atoms. The average Bonchev–Trinajstić information content (AvgIpc) is 3.00. The summed E-state index contributed by atoms with van der Waals surface area (Å²) in [6, 6.07) is 7.75. The summed E-state index contributed by atoms with van der Waals surface area (Å²) in [4.78, 5) is 26.9. The van der Waals surface area contributed by atoms with E-state index in [0.717, 1.165) is 24.9 Å². The Labute approximate surface area is 148 Å². The highest BCUT2D eigenvalue weighted by molar-refractivity contribution is 5.91. The second kappa shape index (κ2) is 7.44. The Morgan fingerprint density at radius 3 is 2.76 bits per heavy atom. The molecule has 1 atom stereocenters. The van der Waals surface area contributed by atoms with E-state index >= 15 is 0 Å². The highest BCUT2D eigenvalue weighted by Crippen LogP contribution is 2.44. The number of nitrogens with zero attached hydrogens (tertiary/aromatic N) is 1. The highest BCUT2D eigenvalue weighted by Gasteiger charge is 2.51. The van der Waals surface area contributed by atoms with Gasteiger partial charge in [-0.2, -0.15) is 0 Å². The van der Waals surface area contributed by atoms with Gasteiger partial charge in [-0.05, 0) is 37.0 Å². The van der Waals surface area contributed by atoms with E-state index in [0.29, 0.717) is 26.3 Å². The Balaban J connectivity index is 1.73. The van der Waals surface area contributed by atoms with Gasteiger partial charge in [0.1, 0.15) is 0 Å². The molecule has 2 aliphatic heterocycles. The molecule has 2 saturated heterocycles. The first-order valence-electron chi connectivity index (χ1n) is 9.02. The maximum Gasteiger partial charge on any atom is 0.321 e. The third kappa shape index (κ3) is 3.63. The van der Waals surface area contributed by atoms with E-state index in [1.165, 1.54) is 5.56 Å². The summed E-state index contributed by atoms with van der Waals surface area (Å²) in [6.45, 7) is 4.46. The molecule has 25 heavy (non-hydrogen) atoms. The van der Waals surface area contributed by atoms with Crippen molar-refractivity contribution in [3.8, 4) is 0 Å². The van der Waals surface area contributed by atoms with Crippen LogP contribution in [0.1, 0.15) is 25.3 Å². The molecule has 3 amide bonds. The molecule has 1 aromatic rings. The molecule has 6 heteroatoms. The van der Waals surface area contributed by atoms with E-state index in [-0.39, 0.29) is 23.3 Å². The minimum absolute atomic E-state index is 0.0187. The SMILES string of the molecule is CCc1cccc(NC(=O)N2CC(C(=O)NC)C3(CCOCC3)C2)c1. The number of anilines is 1. The lowest BCUT2D eigenvalue weighted by Crippen LogP contribution is -2.43. The average molecular weight is 345 g/mol. The third-order valence-electron chi connectivity index (χ3n) is 5.57. The quantitative estimate of drug-likeness (QED) is 0.883. The molecule has 0 aromatic heterocycles. The van der Waals surface area contributed by atoms with Crippen molar-refractivity contribution >= 4 is 17.6 Å². The third-order valence-corrected chi connectivity index (χ3v) is 5.57. The molecule has 1 aromatic carbocycles. The maximum atomic E-state index is 12.7. The topological polar surface area (TPSA) is 70.7 Å². The van der Waals surface area contributed by atoms with Gasteiger partial charge in [0.15, 0.2) is 0 Å². The molecule has 1 unspecified atom stereocenters. The lowest BCUT2D eigenvalue weighted by molar-refractivity contribution is -0.129. The summed E-state index contributed by atoms with van der Waals surface area (Å²) in [5.41, 5.74) is 1.82. The van der Waals surface area contributed by atoms with Crippen LogP contribution in [-0.2, 0) is 16.0 Å². The Bertz CT molecular complexity index is 641. The van der Waals surface area contributed by atoms with Crippen LogP contribution in [-0.4, -0.2) is 50.2 Å².